The number of esters is 1. The molecule has 10 heteroatoms. The third-order valence-corrected chi connectivity index (χ3v) is 4.86. The van der Waals surface area contributed by atoms with Crippen molar-refractivity contribution in [2.24, 2.45) is 0 Å². The largest absolute Gasteiger partial charge is 0.493 e. The second kappa shape index (κ2) is 8.27. The van der Waals surface area contributed by atoms with Gasteiger partial charge in [0, 0.05) is 18.3 Å². The number of nitrogens with zero attached hydrogens (tertiary/aromatic N) is 2. The Morgan fingerprint density at radius 1 is 1.03 bits per heavy atom. The number of benzene rings is 2. The predicted molar refractivity (Wildman–Crippen MR) is 106 cm³/mol. The average Bonchev–Trinajstić information content (AvgIpc) is 3.19. The molecule has 1 aliphatic heterocycles. The molecule has 158 valence electrons. The van der Waals surface area contributed by atoms with Crippen molar-refractivity contribution in [3.05, 3.63) is 51.1 Å². The minimum atomic E-state index is -0.689. The van der Waals surface area contributed by atoms with Crippen LogP contribution in [0, 0.1) is 10.1 Å². The zero-order valence-electron chi connectivity index (χ0n) is 16.9. The van der Waals surface area contributed by atoms with Crippen molar-refractivity contribution < 1.29 is 33.5 Å². The number of nitro benzene ring substituents is 1. The van der Waals surface area contributed by atoms with Gasteiger partial charge in [-0.15, -0.1) is 0 Å². The lowest BCUT2D eigenvalue weighted by molar-refractivity contribution is -0.386. The number of carbonyl (C=O) groups is 2. The third kappa shape index (κ3) is 3.36. The van der Waals surface area contributed by atoms with Crippen LogP contribution in [0.15, 0.2) is 24.3 Å². The monoisotopic (exact) mass is 416 g/mol. The molecule has 10 nitrogen and oxygen atoms in total. The molecule has 0 N–H and O–H groups in total. The molecule has 0 spiro atoms. The molecule has 0 aromatic heterocycles. The quantitative estimate of drug-likeness (QED) is 0.401. The van der Waals surface area contributed by atoms with Crippen LogP contribution in [0.1, 0.15) is 26.3 Å². The van der Waals surface area contributed by atoms with Crippen LogP contribution in [-0.2, 0) is 11.2 Å². The van der Waals surface area contributed by atoms with E-state index < -0.39 is 22.5 Å². The number of fused-ring (bicyclic) bond motifs is 1. The fraction of sp³-hybridized carbons (Fsp3) is 0.300. The standard InChI is InChI=1S/C20H20N2O8/c1-27-15-10-13(16(22(25)26)18(29-3)17(15)28-2)19(23)21-8-7-11-9-12(20(24)30-4)5-6-14(11)21/h5-6,9-10H,7-8H2,1-4H3. The van der Waals surface area contributed by atoms with Gasteiger partial charge in [0.25, 0.3) is 5.91 Å². The van der Waals surface area contributed by atoms with E-state index in [2.05, 4.69) is 0 Å². The summed E-state index contributed by atoms with van der Waals surface area (Å²) >= 11 is 0. The molecule has 2 aromatic carbocycles. The van der Waals surface area contributed by atoms with Gasteiger partial charge in [-0.2, -0.15) is 0 Å². The fourth-order valence-corrected chi connectivity index (χ4v) is 3.49. The first-order valence-electron chi connectivity index (χ1n) is 8.88. The lowest BCUT2D eigenvalue weighted by atomic mass is 10.1. The molecular weight excluding hydrogens is 396 g/mol. The number of nitro groups is 1. The molecule has 0 unspecified atom stereocenters. The molecule has 0 bridgehead atoms. The van der Waals surface area contributed by atoms with Crippen LogP contribution in [0.25, 0.3) is 0 Å². The maximum Gasteiger partial charge on any atom is 0.337 e. The Labute approximate surface area is 172 Å². The van der Waals surface area contributed by atoms with Crippen molar-refractivity contribution >= 4 is 23.3 Å². The molecule has 2 aromatic rings. The molecule has 30 heavy (non-hydrogen) atoms. The summed E-state index contributed by atoms with van der Waals surface area (Å²) in [6, 6.07) is 6.08. The van der Waals surface area contributed by atoms with Crippen molar-refractivity contribution in [1.29, 1.82) is 0 Å². The minimum absolute atomic E-state index is 0.0211. The number of methoxy groups -OCH3 is 4. The summed E-state index contributed by atoms with van der Waals surface area (Å²) in [7, 11) is 5.21. The number of amides is 1. The number of hydrogen-bond donors (Lipinski definition) is 0. The van der Waals surface area contributed by atoms with Gasteiger partial charge in [-0.1, -0.05) is 0 Å². The predicted octanol–water partition coefficient (Wildman–Crippen LogP) is 2.61. The zero-order valence-corrected chi connectivity index (χ0v) is 16.9. The summed E-state index contributed by atoms with van der Waals surface area (Å²) in [5.74, 6) is -1.13. The van der Waals surface area contributed by atoms with Crippen molar-refractivity contribution in [3.8, 4) is 17.2 Å². The average molecular weight is 416 g/mol. The lowest BCUT2D eigenvalue weighted by Crippen LogP contribution is -2.29. The Hall–Kier alpha value is -3.82. The van der Waals surface area contributed by atoms with Gasteiger partial charge in [0.1, 0.15) is 5.56 Å². The van der Waals surface area contributed by atoms with E-state index >= 15 is 0 Å². The van der Waals surface area contributed by atoms with Crippen LogP contribution in [0.2, 0.25) is 0 Å². The third-order valence-electron chi connectivity index (χ3n) is 4.86. The van der Waals surface area contributed by atoms with Crippen molar-refractivity contribution in [1.82, 2.24) is 0 Å². The van der Waals surface area contributed by atoms with Crippen molar-refractivity contribution in [2.75, 3.05) is 39.9 Å². The summed E-state index contributed by atoms with van der Waals surface area (Å²) in [5.41, 5.74) is 0.987. The Bertz CT molecular complexity index is 1030. The number of ether oxygens (including phenoxy) is 4. The molecule has 0 atom stereocenters. The molecule has 1 amide bonds. The van der Waals surface area contributed by atoms with Gasteiger partial charge in [0.05, 0.1) is 38.9 Å². The van der Waals surface area contributed by atoms with Gasteiger partial charge >= 0.3 is 11.7 Å². The molecule has 3 rings (SSSR count). The molecule has 1 aliphatic rings. The Morgan fingerprint density at radius 2 is 1.73 bits per heavy atom. The summed E-state index contributed by atoms with van der Waals surface area (Å²) in [6.07, 6.45) is 0.490. The Balaban J connectivity index is 2.11. The van der Waals surface area contributed by atoms with E-state index in [-0.39, 0.29) is 22.8 Å². The van der Waals surface area contributed by atoms with Crippen LogP contribution in [-0.4, -0.2) is 51.8 Å². The first-order chi connectivity index (χ1) is 14.4. The van der Waals surface area contributed by atoms with Gasteiger partial charge in [0.2, 0.25) is 11.5 Å². The topological polar surface area (TPSA) is 117 Å². The first-order valence-corrected chi connectivity index (χ1v) is 8.88. The minimum Gasteiger partial charge on any atom is -0.493 e. The highest BCUT2D eigenvalue weighted by Gasteiger charge is 2.36. The van der Waals surface area contributed by atoms with E-state index in [1.54, 1.807) is 18.2 Å². The smallest absolute Gasteiger partial charge is 0.337 e. The highest BCUT2D eigenvalue weighted by Crippen LogP contribution is 2.47. The summed E-state index contributed by atoms with van der Waals surface area (Å²) in [5, 5.41) is 11.8. The molecular formula is C20H20N2O8. The van der Waals surface area contributed by atoms with E-state index in [9.17, 15) is 19.7 Å². The maximum atomic E-state index is 13.3. The van der Waals surface area contributed by atoms with E-state index in [0.29, 0.717) is 24.2 Å². The highest BCUT2D eigenvalue weighted by atomic mass is 16.6. The SMILES string of the molecule is COC(=O)c1ccc2c(c1)CCN2C(=O)c1cc(OC)c(OC)c(OC)c1[N+](=O)[O-]. The van der Waals surface area contributed by atoms with Gasteiger partial charge in [-0.25, -0.2) is 4.79 Å². The summed E-state index contributed by atoms with van der Waals surface area (Å²) in [6.45, 7) is 0.298. The second-order valence-electron chi connectivity index (χ2n) is 6.34. The summed E-state index contributed by atoms with van der Waals surface area (Å²) in [4.78, 5) is 37.6. The fourth-order valence-electron chi connectivity index (χ4n) is 3.49. The first kappa shape index (κ1) is 20.9. The van der Waals surface area contributed by atoms with Gasteiger partial charge in [0.15, 0.2) is 5.75 Å². The maximum absolute atomic E-state index is 13.3. The molecule has 0 aliphatic carbocycles. The van der Waals surface area contributed by atoms with E-state index in [1.807, 2.05) is 0 Å². The van der Waals surface area contributed by atoms with Crippen LogP contribution in [0.4, 0.5) is 11.4 Å². The molecule has 0 radical (unpaired) electrons. The lowest BCUT2D eigenvalue weighted by Gasteiger charge is -2.20. The van der Waals surface area contributed by atoms with Gasteiger partial charge in [-0.3, -0.25) is 14.9 Å². The highest BCUT2D eigenvalue weighted by molar-refractivity contribution is 6.11. The Kier molecular flexibility index (Phi) is 5.77. The van der Waals surface area contributed by atoms with E-state index in [4.69, 9.17) is 18.9 Å². The zero-order chi connectivity index (χ0) is 22.0. The number of carbonyl (C=O) groups excluding carboxylic acids is 2. The number of anilines is 1. The van der Waals surface area contributed by atoms with Crippen LogP contribution in [0.3, 0.4) is 0 Å². The van der Waals surface area contributed by atoms with Crippen LogP contribution < -0.4 is 19.1 Å². The Morgan fingerprint density at radius 3 is 2.30 bits per heavy atom. The molecule has 0 saturated carbocycles. The molecule has 0 fully saturated rings. The molecule has 0 saturated heterocycles. The van der Waals surface area contributed by atoms with Crippen molar-refractivity contribution in [2.45, 2.75) is 6.42 Å². The summed E-state index contributed by atoms with van der Waals surface area (Å²) < 4.78 is 20.3. The van der Waals surface area contributed by atoms with Crippen molar-refractivity contribution in [3.63, 3.8) is 0 Å². The van der Waals surface area contributed by atoms with E-state index in [1.165, 1.54) is 39.4 Å². The van der Waals surface area contributed by atoms with Gasteiger partial charge < -0.3 is 23.8 Å². The second-order valence-corrected chi connectivity index (χ2v) is 6.34. The van der Waals surface area contributed by atoms with Crippen LogP contribution in [0.5, 0.6) is 17.2 Å². The number of rotatable bonds is 6. The molecule has 1 heterocycles. The number of hydrogen-bond acceptors (Lipinski definition) is 8. The van der Waals surface area contributed by atoms with Gasteiger partial charge in [-0.05, 0) is 30.2 Å². The van der Waals surface area contributed by atoms with Crippen LogP contribution >= 0.6 is 0 Å². The normalized spacial score (nSPS) is 12.2. The van der Waals surface area contributed by atoms with E-state index in [0.717, 1.165) is 5.56 Å².